The van der Waals surface area contributed by atoms with Crippen LogP contribution in [0.5, 0.6) is 0 Å². The van der Waals surface area contributed by atoms with Crippen molar-refractivity contribution in [2.24, 2.45) is 5.92 Å². The predicted molar refractivity (Wildman–Crippen MR) is 75.6 cm³/mol. The Balaban J connectivity index is 2.65. The number of likely N-dealkylation sites (tertiary alicyclic amines) is 1. The van der Waals surface area contributed by atoms with Crippen molar-refractivity contribution < 1.29 is 19.4 Å². The number of rotatable bonds is 3. The Hall–Kier alpha value is -1.30. The maximum absolute atomic E-state index is 11.9. The zero-order valence-electron chi connectivity index (χ0n) is 12.8. The lowest BCUT2D eigenvalue weighted by molar-refractivity contribution is -0.138. The summed E-state index contributed by atoms with van der Waals surface area (Å²) in [5.41, 5.74) is -0.548. The Morgan fingerprint density at radius 2 is 1.90 bits per heavy atom. The molecule has 0 spiro atoms. The summed E-state index contributed by atoms with van der Waals surface area (Å²) in [5.74, 6) is -0.875. The van der Waals surface area contributed by atoms with Gasteiger partial charge in [0.1, 0.15) is 5.60 Å². The molecule has 1 rings (SSSR count). The summed E-state index contributed by atoms with van der Waals surface area (Å²) >= 11 is 0. The van der Waals surface area contributed by atoms with Crippen LogP contribution in [0.3, 0.4) is 0 Å². The van der Waals surface area contributed by atoms with Crippen LogP contribution in [0.25, 0.3) is 0 Å². The molecule has 1 aliphatic rings. The molecule has 0 radical (unpaired) electrons. The SMILES string of the molecule is CN1CC[C@@H](CC(=O)O)[C@H](NC(=O)OC(C)(C)C)CC1. The van der Waals surface area contributed by atoms with Gasteiger partial charge in [0, 0.05) is 6.04 Å². The molecule has 2 N–H and O–H groups in total. The molecular formula is C14H26N2O4. The van der Waals surface area contributed by atoms with Crippen LogP contribution in [0.2, 0.25) is 0 Å². The molecule has 1 heterocycles. The number of aliphatic carboxylic acids is 1. The fourth-order valence-electron chi connectivity index (χ4n) is 2.41. The quantitative estimate of drug-likeness (QED) is 0.825. The summed E-state index contributed by atoms with van der Waals surface area (Å²) in [4.78, 5) is 25.0. The van der Waals surface area contributed by atoms with E-state index in [9.17, 15) is 9.59 Å². The summed E-state index contributed by atoms with van der Waals surface area (Å²) in [6.07, 6.45) is 1.12. The Kier molecular flexibility index (Phi) is 5.80. The molecular weight excluding hydrogens is 260 g/mol. The average molecular weight is 286 g/mol. The molecule has 0 aromatic rings. The molecule has 0 aromatic carbocycles. The van der Waals surface area contributed by atoms with Gasteiger partial charge in [-0.15, -0.1) is 0 Å². The normalized spacial score (nSPS) is 24.8. The van der Waals surface area contributed by atoms with Crippen LogP contribution in [0.15, 0.2) is 0 Å². The van der Waals surface area contributed by atoms with Crippen molar-refractivity contribution in [1.82, 2.24) is 10.2 Å². The van der Waals surface area contributed by atoms with E-state index in [1.54, 1.807) is 0 Å². The molecule has 1 aliphatic heterocycles. The van der Waals surface area contributed by atoms with Gasteiger partial charge < -0.3 is 20.1 Å². The van der Waals surface area contributed by atoms with Crippen molar-refractivity contribution in [3.8, 4) is 0 Å². The lowest BCUT2D eigenvalue weighted by Gasteiger charge is -2.27. The zero-order valence-corrected chi connectivity index (χ0v) is 12.8. The van der Waals surface area contributed by atoms with Crippen LogP contribution in [-0.2, 0) is 9.53 Å². The third-order valence-electron chi connectivity index (χ3n) is 3.41. The first kappa shape index (κ1) is 16.8. The fourth-order valence-corrected chi connectivity index (χ4v) is 2.41. The third-order valence-corrected chi connectivity index (χ3v) is 3.41. The first-order valence-electron chi connectivity index (χ1n) is 7.07. The van der Waals surface area contributed by atoms with Gasteiger partial charge >= 0.3 is 12.1 Å². The number of carbonyl (C=O) groups excluding carboxylic acids is 1. The van der Waals surface area contributed by atoms with Gasteiger partial charge in [-0.25, -0.2) is 4.79 Å². The molecule has 0 aromatic heterocycles. The molecule has 1 saturated heterocycles. The lowest BCUT2D eigenvalue weighted by atomic mass is 9.92. The second-order valence-electron chi connectivity index (χ2n) is 6.49. The molecule has 0 aliphatic carbocycles. The second-order valence-corrected chi connectivity index (χ2v) is 6.49. The number of nitrogens with zero attached hydrogens (tertiary/aromatic N) is 1. The minimum absolute atomic E-state index is 0.0510. The maximum Gasteiger partial charge on any atom is 0.407 e. The highest BCUT2D eigenvalue weighted by Gasteiger charge is 2.29. The van der Waals surface area contributed by atoms with E-state index in [-0.39, 0.29) is 18.4 Å². The molecule has 0 saturated carbocycles. The topological polar surface area (TPSA) is 78.9 Å². The van der Waals surface area contributed by atoms with E-state index < -0.39 is 17.7 Å². The van der Waals surface area contributed by atoms with Crippen molar-refractivity contribution in [1.29, 1.82) is 0 Å². The van der Waals surface area contributed by atoms with Crippen molar-refractivity contribution in [3.05, 3.63) is 0 Å². The number of nitrogens with one attached hydrogen (secondary N) is 1. The third kappa shape index (κ3) is 6.23. The molecule has 2 atom stereocenters. The Morgan fingerprint density at radius 3 is 2.45 bits per heavy atom. The summed E-state index contributed by atoms with van der Waals surface area (Å²) in [7, 11) is 2.01. The number of carbonyl (C=O) groups is 2. The number of hydrogen-bond donors (Lipinski definition) is 2. The first-order chi connectivity index (χ1) is 9.17. The van der Waals surface area contributed by atoms with Crippen LogP contribution < -0.4 is 5.32 Å². The van der Waals surface area contributed by atoms with Crippen molar-refractivity contribution >= 4 is 12.1 Å². The highest BCUT2D eigenvalue weighted by Crippen LogP contribution is 2.21. The number of carboxylic acids is 1. The van der Waals surface area contributed by atoms with E-state index in [1.165, 1.54) is 0 Å². The number of ether oxygens (including phenoxy) is 1. The van der Waals surface area contributed by atoms with E-state index in [2.05, 4.69) is 10.2 Å². The standard InChI is InChI=1S/C14H26N2O4/c1-14(2,3)20-13(19)15-11-6-8-16(4)7-5-10(11)9-12(17)18/h10-11H,5-9H2,1-4H3,(H,15,19)(H,17,18)/t10-,11+/m0/s1. The summed E-state index contributed by atoms with van der Waals surface area (Å²) in [6, 6.07) is -0.147. The van der Waals surface area contributed by atoms with Crippen LogP contribution in [0, 0.1) is 5.92 Å². The molecule has 0 bridgehead atoms. The van der Waals surface area contributed by atoms with Crippen LogP contribution in [-0.4, -0.2) is 53.8 Å². The van der Waals surface area contributed by atoms with Gasteiger partial charge in [0.15, 0.2) is 0 Å². The number of alkyl carbamates (subject to hydrolysis) is 1. The Morgan fingerprint density at radius 1 is 1.30 bits per heavy atom. The van der Waals surface area contributed by atoms with E-state index in [0.717, 1.165) is 25.9 Å². The fraction of sp³-hybridized carbons (Fsp3) is 0.857. The highest BCUT2D eigenvalue weighted by molar-refractivity contribution is 5.69. The number of hydrogen-bond acceptors (Lipinski definition) is 4. The Bertz CT molecular complexity index is 352. The number of carboxylic acid groups (broad SMARTS) is 1. The summed E-state index contributed by atoms with van der Waals surface area (Å²) in [6.45, 7) is 7.12. The minimum Gasteiger partial charge on any atom is -0.481 e. The maximum atomic E-state index is 11.9. The van der Waals surface area contributed by atoms with Gasteiger partial charge in [0.05, 0.1) is 6.42 Å². The number of amides is 1. The van der Waals surface area contributed by atoms with Gasteiger partial charge in [-0.05, 0) is 59.7 Å². The molecule has 6 heteroatoms. The molecule has 6 nitrogen and oxygen atoms in total. The Labute approximate surface area is 120 Å². The van der Waals surface area contributed by atoms with Gasteiger partial charge in [0.25, 0.3) is 0 Å². The highest BCUT2D eigenvalue weighted by atomic mass is 16.6. The van der Waals surface area contributed by atoms with Gasteiger partial charge in [-0.3, -0.25) is 4.79 Å². The van der Waals surface area contributed by atoms with Crippen LogP contribution in [0.1, 0.15) is 40.0 Å². The second kappa shape index (κ2) is 6.92. The van der Waals surface area contributed by atoms with E-state index in [4.69, 9.17) is 9.84 Å². The van der Waals surface area contributed by atoms with Crippen molar-refractivity contribution in [2.45, 2.75) is 51.7 Å². The molecule has 116 valence electrons. The smallest absolute Gasteiger partial charge is 0.407 e. The largest absolute Gasteiger partial charge is 0.481 e. The summed E-state index contributed by atoms with van der Waals surface area (Å²) < 4.78 is 5.25. The first-order valence-corrected chi connectivity index (χ1v) is 7.07. The molecule has 1 amide bonds. The summed E-state index contributed by atoms with van der Waals surface area (Å²) in [5, 5.41) is 11.8. The lowest BCUT2D eigenvalue weighted by Crippen LogP contribution is -2.43. The zero-order chi connectivity index (χ0) is 15.3. The minimum atomic E-state index is -0.824. The molecule has 20 heavy (non-hydrogen) atoms. The van der Waals surface area contributed by atoms with Gasteiger partial charge in [-0.1, -0.05) is 0 Å². The molecule has 0 unspecified atom stereocenters. The van der Waals surface area contributed by atoms with Crippen molar-refractivity contribution in [2.75, 3.05) is 20.1 Å². The monoisotopic (exact) mass is 286 g/mol. The van der Waals surface area contributed by atoms with Crippen molar-refractivity contribution in [3.63, 3.8) is 0 Å². The van der Waals surface area contributed by atoms with Crippen LogP contribution in [0.4, 0.5) is 4.79 Å². The average Bonchev–Trinajstić information content (AvgIpc) is 2.41. The molecule has 1 fully saturated rings. The van der Waals surface area contributed by atoms with Gasteiger partial charge in [0.2, 0.25) is 0 Å². The van der Waals surface area contributed by atoms with E-state index >= 15 is 0 Å². The van der Waals surface area contributed by atoms with Crippen LogP contribution >= 0.6 is 0 Å². The van der Waals surface area contributed by atoms with E-state index in [1.807, 2.05) is 27.8 Å². The van der Waals surface area contributed by atoms with Gasteiger partial charge in [-0.2, -0.15) is 0 Å². The predicted octanol–water partition coefficient (Wildman–Crippen LogP) is 1.70. The van der Waals surface area contributed by atoms with E-state index in [0.29, 0.717) is 0 Å².